The van der Waals surface area contributed by atoms with Crippen LogP contribution in [-0.4, -0.2) is 58.6 Å². The average molecular weight is 309 g/mol. The molecule has 0 amide bonds. The predicted octanol–water partition coefficient (Wildman–Crippen LogP) is 0.727. The van der Waals surface area contributed by atoms with Gasteiger partial charge in [0.2, 0.25) is 0 Å². The number of hydrogen-bond donors (Lipinski definition) is 3. The van der Waals surface area contributed by atoms with Crippen LogP contribution in [0.1, 0.15) is 46.5 Å². The highest BCUT2D eigenvalue weighted by atomic mass is 16.5. The third-order valence-electron chi connectivity index (χ3n) is 5.89. The summed E-state index contributed by atoms with van der Waals surface area (Å²) in [5.41, 5.74) is 0.170. The molecule has 0 aromatic rings. The number of carbonyl (C=O) groups is 1. The maximum absolute atomic E-state index is 11.4. The lowest BCUT2D eigenvalue weighted by molar-refractivity contribution is -0.141. The molecule has 1 saturated carbocycles. The summed E-state index contributed by atoms with van der Waals surface area (Å²) in [6.45, 7) is 7.62. The molecule has 4 fully saturated rings. The molecule has 22 heavy (non-hydrogen) atoms. The molecule has 3 heterocycles. The maximum Gasteiger partial charge on any atom is 0.320 e. The monoisotopic (exact) mass is 309 g/mol. The van der Waals surface area contributed by atoms with E-state index in [4.69, 9.17) is 4.74 Å². The average Bonchev–Trinajstić information content (AvgIpc) is 3.03. The predicted molar refractivity (Wildman–Crippen MR) is 81.3 cm³/mol. The van der Waals surface area contributed by atoms with Crippen molar-refractivity contribution < 1.29 is 14.6 Å². The van der Waals surface area contributed by atoms with Gasteiger partial charge in [-0.3, -0.25) is 20.3 Å². The van der Waals surface area contributed by atoms with Crippen LogP contribution in [0.3, 0.4) is 0 Å². The molecule has 1 spiro atoms. The lowest BCUT2D eigenvalue weighted by atomic mass is 9.91. The van der Waals surface area contributed by atoms with Crippen molar-refractivity contribution in [3.63, 3.8) is 0 Å². The molecule has 3 saturated heterocycles. The van der Waals surface area contributed by atoms with E-state index in [1.54, 1.807) is 0 Å². The van der Waals surface area contributed by atoms with E-state index in [0.29, 0.717) is 18.5 Å². The fourth-order valence-electron chi connectivity index (χ4n) is 4.53. The Labute approximate surface area is 131 Å². The summed E-state index contributed by atoms with van der Waals surface area (Å²) in [5.74, 6) is -0.733. The molecule has 6 heteroatoms. The molecule has 1 aliphatic carbocycles. The highest BCUT2D eigenvalue weighted by Gasteiger charge is 2.67. The lowest BCUT2D eigenvalue weighted by Gasteiger charge is -2.41. The third kappa shape index (κ3) is 2.12. The Balaban J connectivity index is 1.59. The van der Waals surface area contributed by atoms with Gasteiger partial charge in [0, 0.05) is 18.5 Å². The number of nitrogens with one attached hydrogen (secondary N) is 2. The SMILES string of the molecule is CC(C)(C)C1NC2CCC(C(=O)O)NC2N1C1CC12CCO2. The first-order valence-electron chi connectivity index (χ1n) is 8.48. The fraction of sp³-hybridized carbons (Fsp3) is 0.938. The van der Waals surface area contributed by atoms with Gasteiger partial charge in [-0.05, 0) is 24.7 Å². The lowest BCUT2D eigenvalue weighted by Crippen LogP contribution is -2.60. The van der Waals surface area contributed by atoms with Crippen LogP contribution in [0.5, 0.6) is 0 Å². The van der Waals surface area contributed by atoms with Crippen molar-refractivity contribution in [1.82, 2.24) is 15.5 Å². The topological polar surface area (TPSA) is 73.8 Å². The zero-order valence-corrected chi connectivity index (χ0v) is 13.6. The largest absolute Gasteiger partial charge is 0.480 e. The Morgan fingerprint density at radius 1 is 1.32 bits per heavy atom. The molecule has 3 aliphatic heterocycles. The van der Waals surface area contributed by atoms with Gasteiger partial charge in [-0.1, -0.05) is 20.8 Å². The molecule has 0 aromatic carbocycles. The van der Waals surface area contributed by atoms with Crippen LogP contribution < -0.4 is 10.6 Å². The van der Waals surface area contributed by atoms with E-state index in [-0.39, 0.29) is 23.3 Å². The summed E-state index contributed by atoms with van der Waals surface area (Å²) in [4.78, 5) is 13.9. The Bertz CT molecular complexity index is 486. The standard InChI is InChI=1S/C16H27N3O3/c1-15(2,3)14-18-9-4-5-10(13(20)21)17-12(9)19(14)11-8-16(11)6-7-22-16/h9-12,14,17-18H,4-8H2,1-3H3,(H,20,21). The van der Waals surface area contributed by atoms with Crippen molar-refractivity contribution in [2.45, 2.75) is 82.5 Å². The van der Waals surface area contributed by atoms with Crippen molar-refractivity contribution in [1.29, 1.82) is 0 Å². The van der Waals surface area contributed by atoms with Crippen molar-refractivity contribution in [3.05, 3.63) is 0 Å². The van der Waals surface area contributed by atoms with Crippen LogP contribution in [-0.2, 0) is 9.53 Å². The van der Waals surface area contributed by atoms with Crippen LogP contribution >= 0.6 is 0 Å². The van der Waals surface area contributed by atoms with Gasteiger partial charge in [0.1, 0.15) is 6.04 Å². The first-order chi connectivity index (χ1) is 10.3. The van der Waals surface area contributed by atoms with Gasteiger partial charge in [0.15, 0.2) is 0 Å². The number of fused-ring (bicyclic) bond motifs is 1. The van der Waals surface area contributed by atoms with Crippen LogP contribution in [0.4, 0.5) is 0 Å². The van der Waals surface area contributed by atoms with Gasteiger partial charge in [-0.15, -0.1) is 0 Å². The van der Waals surface area contributed by atoms with E-state index in [1.807, 2.05) is 0 Å². The van der Waals surface area contributed by atoms with Crippen LogP contribution in [0.25, 0.3) is 0 Å². The zero-order chi connectivity index (χ0) is 15.7. The number of carboxylic acid groups (broad SMARTS) is 1. The highest BCUT2D eigenvalue weighted by molar-refractivity contribution is 5.73. The summed E-state index contributed by atoms with van der Waals surface area (Å²) in [5, 5.41) is 16.5. The van der Waals surface area contributed by atoms with Crippen LogP contribution in [0.2, 0.25) is 0 Å². The van der Waals surface area contributed by atoms with Gasteiger partial charge >= 0.3 is 5.97 Å². The first-order valence-corrected chi connectivity index (χ1v) is 8.48. The number of hydrogen-bond acceptors (Lipinski definition) is 5. The molecule has 6 nitrogen and oxygen atoms in total. The van der Waals surface area contributed by atoms with Gasteiger partial charge in [-0.25, -0.2) is 0 Å². The number of piperidine rings is 1. The molecule has 124 valence electrons. The van der Waals surface area contributed by atoms with E-state index < -0.39 is 12.0 Å². The molecule has 6 unspecified atom stereocenters. The summed E-state index contributed by atoms with van der Waals surface area (Å²) in [6, 6.07) is 0.326. The zero-order valence-electron chi connectivity index (χ0n) is 13.6. The Morgan fingerprint density at radius 3 is 2.55 bits per heavy atom. The van der Waals surface area contributed by atoms with E-state index in [0.717, 1.165) is 25.9 Å². The molecule has 4 aliphatic rings. The van der Waals surface area contributed by atoms with Crippen molar-refractivity contribution in [2.75, 3.05) is 6.61 Å². The van der Waals surface area contributed by atoms with Crippen molar-refractivity contribution >= 4 is 5.97 Å². The minimum absolute atomic E-state index is 0.0674. The molecule has 6 atom stereocenters. The van der Waals surface area contributed by atoms with Gasteiger partial charge in [-0.2, -0.15) is 0 Å². The minimum atomic E-state index is -0.733. The molecule has 0 aromatic heterocycles. The van der Waals surface area contributed by atoms with Crippen LogP contribution in [0.15, 0.2) is 0 Å². The van der Waals surface area contributed by atoms with Crippen molar-refractivity contribution in [3.8, 4) is 0 Å². The molecule has 0 bridgehead atoms. The second kappa shape index (κ2) is 4.66. The number of carboxylic acids is 1. The smallest absolute Gasteiger partial charge is 0.320 e. The number of aliphatic carboxylic acids is 1. The Hall–Kier alpha value is -0.690. The first kappa shape index (κ1) is 14.9. The third-order valence-corrected chi connectivity index (χ3v) is 5.89. The quantitative estimate of drug-likeness (QED) is 0.698. The number of rotatable bonds is 2. The van der Waals surface area contributed by atoms with E-state index in [9.17, 15) is 9.90 Å². The summed E-state index contributed by atoms with van der Waals surface area (Å²) < 4.78 is 5.86. The summed E-state index contributed by atoms with van der Waals surface area (Å²) in [6.07, 6.45) is 4.21. The molecule has 0 radical (unpaired) electrons. The summed E-state index contributed by atoms with van der Waals surface area (Å²) in [7, 11) is 0. The summed E-state index contributed by atoms with van der Waals surface area (Å²) >= 11 is 0. The minimum Gasteiger partial charge on any atom is -0.480 e. The maximum atomic E-state index is 11.4. The second-order valence-corrected chi connectivity index (χ2v) is 8.45. The second-order valence-electron chi connectivity index (χ2n) is 8.45. The van der Waals surface area contributed by atoms with Gasteiger partial charge < -0.3 is 9.84 Å². The van der Waals surface area contributed by atoms with E-state index in [1.165, 1.54) is 0 Å². The Kier molecular flexibility index (Phi) is 3.15. The van der Waals surface area contributed by atoms with Gasteiger partial charge in [0.25, 0.3) is 0 Å². The number of ether oxygens (including phenoxy) is 1. The van der Waals surface area contributed by atoms with Gasteiger partial charge in [0.05, 0.1) is 24.5 Å². The molecule has 4 rings (SSSR count). The Morgan fingerprint density at radius 2 is 2.05 bits per heavy atom. The molecular formula is C16H27N3O3. The normalized spacial score (nSPS) is 48.0. The van der Waals surface area contributed by atoms with E-state index in [2.05, 4.69) is 36.3 Å². The molecule has 3 N–H and O–H groups in total. The fourth-order valence-corrected chi connectivity index (χ4v) is 4.53. The van der Waals surface area contributed by atoms with Crippen LogP contribution in [0, 0.1) is 5.41 Å². The molecular weight excluding hydrogens is 282 g/mol. The van der Waals surface area contributed by atoms with Crippen molar-refractivity contribution in [2.24, 2.45) is 5.41 Å². The highest BCUT2D eigenvalue weighted by Crippen LogP contribution is 2.55. The number of nitrogens with zero attached hydrogens (tertiary/aromatic N) is 1. The van der Waals surface area contributed by atoms with E-state index >= 15 is 0 Å².